The fraction of sp³-hybridized carbons (Fsp3) is 0.208. The number of carbonyl (C=O) groups is 5. The van der Waals surface area contributed by atoms with Crippen molar-refractivity contribution in [3.05, 3.63) is 57.6 Å². The van der Waals surface area contributed by atoms with Crippen molar-refractivity contribution in [3.63, 3.8) is 0 Å². The van der Waals surface area contributed by atoms with Crippen LogP contribution in [-0.4, -0.2) is 92.1 Å². The number of nitrogens with one attached hydrogen (secondary N) is 5. The number of likely N-dealkylation sites (tertiary alicyclic amines) is 1. The Morgan fingerprint density at radius 2 is 1.96 bits per heavy atom. The number of anilines is 3. The molecule has 0 unspecified atom stereocenters. The summed E-state index contributed by atoms with van der Waals surface area (Å²) in [7, 11) is -4.63. The van der Waals surface area contributed by atoms with Gasteiger partial charge in [0, 0.05) is 17.6 Å². The molecule has 0 bridgehead atoms. The van der Waals surface area contributed by atoms with Crippen LogP contribution in [0.15, 0.2) is 45.9 Å². The van der Waals surface area contributed by atoms with Crippen molar-refractivity contribution < 1.29 is 47.4 Å². The Morgan fingerprint density at radius 3 is 2.53 bits per heavy atom. The number of aromatic amines is 1. The molecule has 47 heavy (non-hydrogen) atoms. The molecule has 23 heteroatoms. The van der Waals surface area contributed by atoms with E-state index in [-0.39, 0.29) is 28.0 Å². The number of β-lactam (4-membered cyclic amide) rings is 1. The van der Waals surface area contributed by atoms with Gasteiger partial charge in [-0.25, -0.2) is 24.3 Å². The van der Waals surface area contributed by atoms with Crippen molar-refractivity contribution in [2.75, 3.05) is 22.3 Å². The molecule has 0 radical (unpaired) electrons. The van der Waals surface area contributed by atoms with Crippen molar-refractivity contribution in [1.82, 2.24) is 29.9 Å². The van der Waals surface area contributed by atoms with Gasteiger partial charge in [0.2, 0.25) is 11.0 Å². The number of hydrogen-bond acceptors (Lipinski definition) is 15. The number of hydrogen-bond donors (Lipinski definition) is 8. The standard InChI is InChI=1S/C24H24N10O11S2/c1-24(2,21(40)41)45-31-17(13-9-46-22(25)30-13)19(38)29-12-8-34(20(12)39)23(42)33-47(43,44)32-16-4-3-10(6-27-16)28-18(37)11-5-14(35)15(36)7-26-11/h3-7,9,12,36H,8H2,1-2H3,(H2,25,30)(H,26,35)(H,27,32)(H,28,37)(H,29,38)(H,33,42)(H,40,41)/t12-/m0/s1. The SMILES string of the molecule is CC(C)(ON=C(C(=O)N[C@H]1CN(C(=O)NS(=O)(=O)Nc2ccc(NC(=O)c3cc(=O)c(O)c[nH]3)cn2)C1=O)c1csc(N)n1)C(=O)O. The second kappa shape index (κ2) is 13.1. The number of carboxylic acid groups (broad SMARTS) is 1. The summed E-state index contributed by atoms with van der Waals surface area (Å²) >= 11 is 0.946. The molecule has 0 spiro atoms. The third-order valence-corrected chi connectivity index (χ3v) is 7.55. The van der Waals surface area contributed by atoms with Crippen LogP contribution in [0.2, 0.25) is 0 Å². The lowest BCUT2D eigenvalue weighted by molar-refractivity contribution is -0.161. The lowest BCUT2D eigenvalue weighted by Gasteiger charge is -2.36. The highest BCUT2D eigenvalue weighted by atomic mass is 32.2. The number of carboxylic acids is 1. The quantitative estimate of drug-likeness (QED) is 0.0661. The van der Waals surface area contributed by atoms with Gasteiger partial charge in [-0.15, -0.1) is 11.3 Å². The molecule has 4 rings (SSSR count). The Morgan fingerprint density at radius 1 is 1.23 bits per heavy atom. The Bertz CT molecular complexity index is 1960. The molecule has 0 aliphatic carbocycles. The Hall–Kier alpha value is -6.10. The number of nitrogens with zero attached hydrogens (tertiary/aromatic N) is 4. The first kappa shape index (κ1) is 33.8. The molecule has 1 aliphatic heterocycles. The van der Waals surface area contributed by atoms with E-state index in [0.29, 0.717) is 4.90 Å². The molecule has 4 heterocycles. The van der Waals surface area contributed by atoms with E-state index in [4.69, 9.17) is 10.6 Å². The first-order valence-corrected chi connectivity index (χ1v) is 15.2. The summed E-state index contributed by atoms with van der Waals surface area (Å²) in [4.78, 5) is 88.7. The number of aromatic hydroxyl groups is 1. The van der Waals surface area contributed by atoms with Gasteiger partial charge >= 0.3 is 22.2 Å². The van der Waals surface area contributed by atoms with Gasteiger partial charge in [-0.05, 0) is 26.0 Å². The van der Waals surface area contributed by atoms with Crippen LogP contribution in [0.25, 0.3) is 0 Å². The molecule has 1 aliphatic rings. The van der Waals surface area contributed by atoms with Crippen LogP contribution in [0.4, 0.5) is 21.4 Å². The van der Waals surface area contributed by atoms with Gasteiger partial charge in [-0.3, -0.25) is 28.8 Å². The number of nitrogen functional groups attached to an aromatic ring is 1. The summed E-state index contributed by atoms with van der Waals surface area (Å²) in [6.07, 6.45) is 1.99. The van der Waals surface area contributed by atoms with Crippen molar-refractivity contribution in [3.8, 4) is 5.75 Å². The maximum absolute atomic E-state index is 12.9. The molecule has 0 saturated carbocycles. The monoisotopic (exact) mass is 692 g/mol. The molecule has 0 aromatic carbocycles. The lowest BCUT2D eigenvalue weighted by atomic mass is 10.1. The van der Waals surface area contributed by atoms with Crippen LogP contribution in [-0.2, 0) is 29.4 Å². The molecule has 1 atom stereocenters. The number of aliphatic carboxylic acids is 1. The van der Waals surface area contributed by atoms with E-state index in [1.54, 1.807) is 4.72 Å². The Labute approximate surface area is 267 Å². The van der Waals surface area contributed by atoms with E-state index in [1.807, 2.05) is 4.72 Å². The minimum atomic E-state index is -4.63. The molecule has 21 nitrogen and oxygen atoms in total. The predicted molar refractivity (Wildman–Crippen MR) is 161 cm³/mol. The second-order valence-corrected chi connectivity index (χ2v) is 12.2. The van der Waals surface area contributed by atoms with Gasteiger partial charge in [0.1, 0.15) is 23.2 Å². The van der Waals surface area contributed by atoms with E-state index in [9.17, 15) is 47.4 Å². The zero-order chi connectivity index (χ0) is 34.7. The number of amides is 5. The fourth-order valence-corrected chi connectivity index (χ4v) is 4.73. The minimum absolute atomic E-state index is 0.0533. The third-order valence-electron chi connectivity index (χ3n) is 5.96. The molecule has 5 amide bonds. The molecule has 3 aromatic rings. The summed E-state index contributed by atoms with van der Waals surface area (Å²) in [5.41, 5.74) is 2.31. The number of aromatic nitrogens is 3. The first-order chi connectivity index (χ1) is 22.0. The molecular formula is C24H24N10O11S2. The molecule has 1 fully saturated rings. The zero-order valence-corrected chi connectivity index (χ0v) is 25.6. The van der Waals surface area contributed by atoms with Crippen LogP contribution in [0, 0.1) is 0 Å². The van der Waals surface area contributed by atoms with Gasteiger partial charge in [-0.2, -0.15) is 8.42 Å². The van der Waals surface area contributed by atoms with Gasteiger partial charge in [0.25, 0.3) is 17.7 Å². The highest BCUT2D eigenvalue weighted by molar-refractivity contribution is 7.91. The highest BCUT2D eigenvalue weighted by Crippen LogP contribution is 2.17. The number of oxime groups is 1. The number of pyridine rings is 2. The van der Waals surface area contributed by atoms with Gasteiger partial charge in [0.05, 0.1) is 18.4 Å². The number of rotatable bonds is 11. The fourth-order valence-electron chi connectivity index (χ4n) is 3.40. The van der Waals surface area contributed by atoms with E-state index in [2.05, 4.69) is 30.7 Å². The number of H-pyrrole nitrogens is 1. The van der Waals surface area contributed by atoms with Crippen molar-refractivity contribution in [2.45, 2.75) is 25.5 Å². The second-order valence-electron chi connectivity index (χ2n) is 9.89. The summed E-state index contributed by atoms with van der Waals surface area (Å²) in [5.74, 6) is -5.02. The van der Waals surface area contributed by atoms with Crippen LogP contribution < -0.4 is 31.2 Å². The van der Waals surface area contributed by atoms with E-state index < -0.39 is 75.0 Å². The number of thiazole rings is 1. The van der Waals surface area contributed by atoms with E-state index in [1.165, 1.54) is 25.3 Å². The first-order valence-electron chi connectivity index (χ1n) is 12.8. The molecular weight excluding hydrogens is 668 g/mol. The van der Waals surface area contributed by atoms with Crippen molar-refractivity contribution >= 4 is 73.6 Å². The number of urea groups is 1. The summed E-state index contributed by atoms with van der Waals surface area (Å²) in [5, 5.41) is 28.2. The van der Waals surface area contributed by atoms with Crippen LogP contribution in [0.3, 0.4) is 0 Å². The number of nitrogens with two attached hydrogens (primary N) is 1. The average molecular weight is 693 g/mol. The van der Waals surface area contributed by atoms with Gasteiger partial charge < -0.3 is 36.4 Å². The smallest absolute Gasteiger partial charge is 0.350 e. The lowest BCUT2D eigenvalue weighted by Crippen LogP contribution is -2.68. The molecule has 1 saturated heterocycles. The van der Waals surface area contributed by atoms with Gasteiger partial charge in [0.15, 0.2) is 16.6 Å². The normalized spacial score (nSPS) is 14.9. The highest BCUT2D eigenvalue weighted by Gasteiger charge is 2.43. The van der Waals surface area contributed by atoms with Crippen LogP contribution in [0.5, 0.6) is 5.75 Å². The minimum Gasteiger partial charge on any atom is -0.503 e. The maximum Gasteiger partial charge on any atom is 0.350 e. The molecule has 3 aromatic heterocycles. The molecule has 9 N–H and O–H groups in total. The summed E-state index contributed by atoms with van der Waals surface area (Å²) < 4.78 is 28.5. The Balaban J connectivity index is 1.32. The van der Waals surface area contributed by atoms with Gasteiger partial charge in [-0.1, -0.05) is 5.16 Å². The van der Waals surface area contributed by atoms with Crippen molar-refractivity contribution in [1.29, 1.82) is 0 Å². The third kappa shape index (κ3) is 8.14. The summed E-state index contributed by atoms with van der Waals surface area (Å²) in [6, 6.07) is 0.609. The number of carbonyl (C=O) groups excluding carboxylic acids is 4. The Kier molecular flexibility index (Phi) is 9.41. The number of imide groups is 1. The summed E-state index contributed by atoms with van der Waals surface area (Å²) in [6.45, 7) is 1.91. The maximum atomic E-state index is 12.9. The van der Waals surface area contributed by atoms with Crippen molar-refractivity contribution in [2.24, 2.45) is 5.16 Å². The van der Waals surface area contributed by atoms with E-state index in [0.717, 1.165) is 35.9 Å². The largest absolute Gasteiger partial charge is 0.503 e. The van der Waals surface area contributed by atoms with E-state index >= 15 is 0 Å². The topological polar surface area (TPSA) is 318 Å². The predicted octanol–water partition coefficient (Wildman–Crippen LogP) is -1.26. The van der Waals surface area contributed by atoms with Crippen LogP contribution >= 0.6 is 11.3 Å². The van der Waals surface area contributed by atoms with Crippen LogP contribution in [0.1, 0.15) is 30.0 Å². The zero-order valence-electron chi connectivity index (χ0n) is 24.0. The molecule has 248 valence electrons. The average Bonchev–Trinajstić information content (AvgIpc) is 3.42.